The van der Waals surface area contributed by atoms with Gasteiger partial charge < -0.3 is 0 Å². The van der Waals surface area contributed by atoms with Gasteiger partial charge in [0.25, 0.3) is 0 Å². The zero-order chi connectivity index (χ0) is 5.98. The minimum Gasteiger partial charge on any atom is -0.292 e. The van der Waals surface area contributed by atoms with Crippen molar-refractivity contribution in [1.29, 1.82) is 0 Å². The van der Waals surface area contributed by atoms with E-state index in [1.807, 2.05) is 0 Å². The van der Waals surface area contributed by atoms with Gasteiger partial charge in [0, 0.05) is 13.1 Å². The van der Waals surface area contributed by atoms with Crippen molar-refractivity contribution in [2.45, 2.75) is 13.3 Å². The molecule has 0 aromatic heterocycles. The normalized spacial score (nSPS) is 32.9. The van der Waals surface area contributed by atoms with Crippen LogP contribution in [0.3, 0.4) is 0 Å². The minimum atomic E-state index is 0.867. The van der Waals surface area contributed by atoms with E-state index in [0.29, 0.717) is 0 Å². The molecule has 46 valence electrons. The number of hydrazine groups is 1. The molecule has 3 heteroatoms. The van der Waals surface area contributed by atoms with Crippen LogP contribution in [0.1, 0.15) is 13.3 Å². The van der Waals surface area contributed by atoms with Crippen molar-refractivity contribution < 1.29 is 0 Å². The number of hydrogen-bond donors (Lipinski definition) is 1. The second-order valence-electron chi connectivity index (χ2n) is 2.68. The maximum absolute atomic E-state index is 3.27. The van der Waals surface area contributed by atoms with Crippen LogP contribution >= 0.6 is 0 Å². The van der Waals surface area contributed by atoms with Gasteiger partial charge in [-0.15, -0.1) is 0 Å². The molecule has 0 aromatic carbocycles. The van der Waals surface area contributed by atoms with Crippen molar-refractivity contribution in [2.75, 3.05) is 13.1 Å². The molecule has 8 heavy (non-hydrogen) atoms. The Hall–Kier alpha value is -0.0151. The van der Waals surface area contributed by atoms with E-state index in [1.165, 1.54) is 13.0 Å². The number of nitrogens with one attached hydrogen (secondary N) is 1. The molecular formula is C5H13BN2. The molecule has 0 aliphatic carbocycles. The predicted molar refractivity (Wildman–Crippen MR) is 37.0 cm³/mol. The van der Waals surface area contributed by atoms with Crippen molar-refractivity contribution in [2.24, 2.45) is 5.92 Å². The van der Waals surface area contributed by atoms with E-state index >= 15 is 0 Å². The molecule has 2 nitrogen and oxygen atoms in total. The summed E-state index contributed by atoms with van der Waals surface area (Å²) in [6.45, 7) is 4.62. The Kier molecular flexibility index (Phi) is 1.92. The Morgan fingerprint density at radius 3 is 2.88 bits per heavy atom. The predicted octanol–water partition coefficient (Wildman–Crippen LogP) is -0.619. The van der Waals surface area contributed by atoms with Gasteiger partial charge in [0.2, 0.25) is 7.98 Å². The number of rotatable bonds is 0. The molecule has 1 heterocycles. The fraction of sp³-hybridized carbons (Fsp3) is 1.00. The van der Waals surface area contributed by atoms with Crippen LogP contribution in [-0.4, -0.2) is 26.0 Å². The van der Waals surface area contributed by atoms with Crippen molar-refractivity contribution in [3.63, 3.8) is 0 Å². The summed E-state index contributed by atoms with van der Waals surface area (Å²) in [6, 6.07) is 0. The van der Waals surface area contributed by atoms with E-state index in [-0.39, 0.29) is 0 Å². The standard InChI is InChI=1S/C5H13BN2/c1-5-2-3-8(6)7-4-5/h5,7H,2-4,6H2,1H3. The van der Waals surface area contributed by atoms with E-state index < -0.39 is 0 Å². The van der Waals surface area contributed by atoms with Gasteiger partial charge in [0.1, 0.15) is 0 Å². The van der Waals surface area contributed by atoms with E-state index in [9.17, 15) is 0 Å². The molecular weight excluding hydrogens is 98.9 g/mol. The molecule has 0 amide bonds. The summed E-state index contributed by atoms with van der Waals surface area (Å²) >= 11 is 0. The lowest BCUT2D eigenvalue weighted by molar-refractivity contribution is 0.232. The Morgan fingerprint density at radius 2 is 2.50 bits per heavy atom. The highest BCUT2D eigenvalue weighted by Gasteiger charge is 2.09. The second kappa shape index (κ2) is 2.51. The summed E-state index contributed by atoms with van der Waals surface area (Å²) in [6.07, 6.45) is 1.34. The van der Waals surface area contributed by atoms with Crippen LogP contribution in [0.4, 0.5) is 0 Å². The molecule has 1 saturated heterocycles. The molecule has 1 fully saturated rings. The third-order valence-electron chi connectivity index (χ3n) is 1.67. The van der Waals surface area contributed by atoms with Gasteiger partial charge in [-0.2, -0.15) is 0 Å². The van der Waals surface area contributed by atoms with E-state index in [4.69, 9.17) is 0 Å². The van der Waals surface area contributed by atoms with Gasteiger partial charge >= 0.3 is 0 Å². The number of hydrogen-bond acceptors (Lipinski definition) is 2. The van der Waals surface area contributed by atoms with Crippen molar-refractivity contribution in [3.8, 4) is 0 Å². The molecule has 1 N–H and O–H groups in total. The molecule has 1 aliphatic rings. The monoisotopic (exact) mass is 112 g/mol. The molecule has 0 spiro atoms. The zero-order valence-corrected chi connectivity index (χ0v) is 5.65. The maximum Gasteiger partial charge on any atom is 0.205 e. The topological polar surface area (TPSA) is 15.3 Å². The summed E-state index contributed by atoms with van der Waals surface area (Å²) in [5.41, 5.74) is 3.27. The van der Waals surface area contributed by atoms with E-state index in [1.54, 1.807) is 0 Å². The van der Waals surface area contributed by atoms with Gasteiger partial charge in [0.15, 0.2) is 0 Å². The molecule has 0 aromatic rings. The summed E-state index contributed by atoms with van der Waals surface area (Å²) in [4.78, 5) is 2.15. The van der Waals surface area contributed by atoms with Crippen molar-refractivity contribution in [1.82, 2.24) is 10.3 Å². The van der Waals surface area contributed by atoms with Crippen LogP contribution in [-0.2, 0) is 0 Å². The Labute approximate surface area is 51.6 Å². The molecule has 1 rings (SSSR count). The van der Waals surface area contributed by atoms with Gasteiger partial charge in [-0.3, -0.25) is 10.3 Å². The van der Waals surface area contributed by atoms with Crippen LogP contribution in [0, 0.1) is 5.92 Å². The highest BCUT2D eigenvalue weighted by Crippen LogP contribution is 2.04. The Bertz CT molecular complexity index is 58.8. The largest absolute Gasteiger partial charge is 0.292 e. The van der Waals surface area contributed by atoms with E-state index in [0.717, 1.165) is 12.5 Å². The summed E-state index contributed by atoms with van der Waals surface area (Å²) in [5.74, 6) is 0.867. The van der Waals surface area contributed by atoms with Crippen LogP contribution < -0.4 is 5.43 Å². The molecule has 1 unspecified atom stereocenters. The van der Waals surface area contributed by atoms with Crippen molar-refractivity contribution >= 4 is 7.98 Å². The van der Waals surface area contributed by atoms with Gasteiger partial charge in [-0.05, 0) is 12.3 Å². The SMILES string of the molecule is BN1CCC(C)CN1. The third-order valence-corrected chi connectivity index (χ3v) is 1.67. The summed E-state index contributed by atoms with van der Waals surface area (Å²) in [7, 11) is 2.09. The highest BCUT2D eigenvalue weighted by molar-refractivity contribution is 6.03. The molecule has 0 radical (unpaired) electrons. The summed E-state index contributed by atoms with van der Waals surface area (Å²) in [5, 5.41) is 0. The average molecular weight is 112 g/mol. The first-order chi connectivity index (χ1) is 3.79. The molecule has 1 aliphatic heterocycles. The average Bonchev–Trinajstić information content (AvgIpc) is 1.77. The Morgan fingerprint density at radius 1 is 1.75 bits per heavy atom. The van der Waals surface area contributed by atoms with Crippen LogP contribution in [0.2, 0.25) is 0 Å². The zero-order valence-electron chi connectivity index (χ0n) is 5.65. The van der Waals surface area contributed by atoms with Crippen LogP contribution in [0.15, 0.2) is 0 Å². The quantitative estimate of drug-likeness (QED) is 0.420. The maximum atomic E-state index is 3.27. The van der Waals surface area contributed by atoms with E-state index in [2.05, 4.69) is 25.3 Å². The first-order valence-corrected chi connectivity index (χ1v) is 3.23. The first-order valence-electron chi connectivity index (χ1n) is 3.23. The first kappa shape index (κ1) is 6.11. The van der Waals surface area contributed by atoms with Crippen LogP contribution in [0.5, 0.6) is 0 Å². The van der Waals surface area contributed by atoms with Gasteiger partial charge in [0.05, 0.1) is 0 Å². The lowest BCUT2D eigenvalue weighted by Crippen LogP contribution is -2.44. The Balaban J connectivity index is 2.19. The third kappa shape index (κ3) is 1.49. The summed E-state index contributed by atoms with van der Waals surface area (Å²) < 4.78 is 0. The lowest BCUT2D eigenvalue weighted by atomic mass is 10.1. The highest BCUT2D eigenvalue weighted by atomic mass is 15.5. The molecule has 1 atom stereocenters. The smallest absolute Gasteiger partial charge is 0.205 e. The number of nitrogens with zero attached hydrogens (tertiary/aromatic N) is 1. The van der Waals surface area contributed by atoms with Crippen molar-refractivity contribution in [3.05, 3.63) is 0 Å². The molecule has 0 bridgehead atoms. The molecule has 0 saturated carbocycles. The van der Waals surface area contributed by atoms with Crippen LogP contribution in [0.25, 0.3) is 0 Å². The second-order valence-corrected chi connectivity index (χ2v) is 2.68. The fourth-order valence-corrected chi connectivity index (χ4v) is 0.907. The fourth-order valence-electron chi connectivity index (χ4n) is 0.907. The van der Waals surface area contributed by atoms with Gasteiger partial charge in [-0.25, -0.2) is 0 Å². The lowest BCUT2D eigenvalue weighted by Gasteiger charge is -2.28. The minimum absolute atomic E-state index is 0.867. The van der Waals surface area contributed by atoms with Gasteiger partial charge in [-0.1, -0.05) is 6.92 Å².